The highest BCUT2D eigenvalue weighted by atomic mass is 16.6. The van der Waals surface area contributed by atoms with E-state index in [0.717, 1.165) is 16.7 Å². The van der Waals surface area contributed by atoms with Crippen molar-refractivity contribution in [3.05, 3.63) is 94.0 Å². The Morgan fingerprint density at radius 1 is 0.920 bits per heavy atom. The average molecular weight is 332 g/mol. The predicted octanol–water partition coefficient (Wildman–Crippen LogP) is 4.82. The Labute approximate surface area is 145 Å². The van der Waals surface area contributed by atoms with Crippen molar-refractivity contribution in [2.24, 2.45) is 0 Å². The molecule has 0 unspecified atom stereocenters. The Kier molecular flexibility index (Phi) is 4.57. The molecule has 5 heteroatoms. The lowest BCUT2D eigenvalue weighted by Gasteiger charge is -2.11. The van der Waals surface area contributed by atoms with Crippen molar-refractivity contribution >= 4 is 17.3 Å². The number of anilines is 1. The van der Waals surface area contributed by atoms with Gasteiger partial charge in [0, 0.05) is 23.4 Å². The Morgan fingerprint density at radius 3 is 2.20 bits per heavy atom. The van der Waals surface area contributed by atoms with Crippen molar-refractivity contribution in [3.63, 3.8) is 0 Å². The van der Waals surface area contributed by atoms with Gasteiger partial charge in [-0.1, -0.05) is 48.0 Å². The van der Waals surface area contributed by atoms with Gasteiger partial charge < -0.3 is 5.32 Å². The monoisotopic (exact) mass is 332 g/mol. The van der Waals surface area contributed by atoms with Gasteiger partial charge in [-0.3, -0.25) is 14.9 Å². The average Bonchev–Trinajstić information content (AvgIpc) is 2.63. The normalized spacial score (nSPS) is 10.3. The number of nitro benzene ring substituents is 1. The number of hydrogen-bond acceptors (Lipinski definition) is 3. The van der Waals surface area contributed by atoms with Gasteiger partial charge in [0.15, 0.2) is 0 Å². The molecule has 5 nitrogen and oxygen atoms in total. The second kappa shape index (κ2) is 6.97. The van der Waals surface area contributed by atoms with Crippen molar-refractivity contribution in [1.82, 2.24) is 0 Å². The molecule has 1 N–H and O–H groups in total. The molecule has 0 aromatic heterocycles. The van der Waals surface area contributed by atoms with Crippen LogP contribution in [-0.2, 0) is 0 Å². The summed E-state index contributed by atoms with van der Waals surface area (Å²) in [6, 6.07) is 21.1. The summed E-state index contributed by atoms with van der Waals surface area (Å²) in [6.07, 6.45) is 0. The van der Waals surface area contributed by atoms with Gasteiger partial charge in [0.2, 0.25) is 0 Å². The van der Waals surface area contributed by atoms with Gasteiger partial charge in [-0.25, -0.2) is 0 Å². The van der Waals surface area contributed by atoms with Crippen molar-refractivity contribution in [2.45, 2.75) is 6.92 Å². The molecule has 0 saturated heterocycles. The summed E-state index contributed by atoms with van der Waals surface area (Å²) < 4.78 is 0. The number of nitrogens with one attached hydrogen (secondary N) is 1. The van der Waals surface area contributed by atoms with E-state index in [0.29, 0.717) is 11.3 Å². The van der Waals surface area contributed by atoms with Crippen molar-refractivity contribution in [2.75, 3.05) is 5.32 Å². The molecule has 3 aromatic carbocycles. The van der Waals surface area contributed by atoms with Crippen LogP contribution in [0.1, 0.15) is 15.9 Å². The van der Waals surface area contributed by atoms with Gasteiger partial charge in [-0.2, -0.15) is 0 Å². The summed E-state index contributed by atoms with van der Waals surface area (Å²) in [5.74, 6) is -0.259. The molecule has 3 aromatic rings. The minimum absolute atomic E-state index is 0.0157. The van der Waals surface area contributed by atoms with E-state index in [2.05, 4.69) is 5.32 Å². The molecule has 0 aliphatic heterocycles. The molecule has 124 valence electrons. The van der Waals surface area contributed by atoms with E-state index in [1.165, 1.54) is 24.3 Å². The van der Waals surface area contributed by atoms with E-state index in [1.807, 2.05) is 49.4 Å². The highest BCUT2D eigenvalue weighted by molar-refractivity contribution is 6.08. The topological polar surface area (TPSA) is 72.2 Å². The minimum atomic E-state index is -0.474. The third-order valence-electron chi connectivity index (χ3n) is 3.87. The molecule has 0 bridgehead atoms. The maximum absolute atomic E-state index is 12.6. The van der Waals surface area contributed by atoms with E-state index in [1.54, 1.807) is 6.07 Å². The van der Waals surface area contributed by atoms with Crippen LogP contribution in [0.3, 0.4) is 0 Å². The molecule has 0 heterocycles. The fourth-order valence-electron chi connectivity index (χ4n) is 2.53. The Balaban J connectivity index is 1.87. The quantitative estimate of drug-likeness (QED) is 0.550. The molecule has 0 fully saturated rings. The maximum atomic E-state index is 12.6. The van der Waals surface area contributed by atoms with Gasteiger partial charge in [-0.05, 0) is 36.2 Å². The Bertz CT molecular complexity index is 916. The number of rotatable bonds is 4. The summed E-state index contributed by atoms with van der Waals surface area (Å²) in [6.45, 7) is 2.01. The summed E-state index contributed by atoms with van der Waals surface area (Å²) in [7, 11) is 0. The fourth-order valence-corrected chi connectivity index (χ4v) is 2.53. The van der Waals surface area contributed by atoms with E-state index in [4.69, 9.17) is 0 Å². The second-order valence-electron chi connectivity index (χ2n) is 5.67. The van der Waals surface area contributed by atoms with E-state index in [9.17, 15) is 14.9 Å². The van der Waals surface area contributed by atoms with E-state index in [-0.39, 0.29) is 11.6 Å². The molecule has 0 saturated carbocycles. The summed E-state index contributed by atoms with van der Waals surface area (Å²) in [4.78, 5) is 22.9. The third-order valence-corrected chi connectivity index (χ3v) is 3.87. The highest BCUT2D eigenvalue weighted by Crippen LogP contribution is 2.25. The van der Waals surface area contributed by atoms with Gasteiger partial charge in [0.05, 0.1) is 4.92 Å². The molecule has 0 spiro atoms. The van der Waals surface area contributed by atoms with E-state index >= 15 is 0 Å². The van der Waals surface area contributed by atoms with Gasteiger partial charge in [0.1, 0.15) is 0 Å². The maximum Gasteiger partial charge on any atom is 0.269 e. The van der Waals surface area contributed by atoms with Crippen molar-refractivity contribution in [3.8, 4) is 11.1 Å². The third kappa shape index (κ3) is 3.72. The zero-order valence-corrected chi connectivity index (χ0v) is 13.6. The van der Waals surface area contributed by atoms with Gasteiger partial charge >= 0.3 is 0 Å². The number of nitro groups is 1. The first-order valence-electron chi connectivity index (χ1n) is 7.76. The standard InChI is InChI=1S/C20H16N2O3/c1-14-6-8-15(9-7-14)18-4-2-3-5-19(18)20(23)21-16-10-12-17(13-11-16)22(24)25/h2-13H,1H3,(H,21,23). The molecule has 0 radical (unpaired) electrons. The molecular weight excluding hydrogens is 316 g/mol. The van der Waals surface area contributed by atoms with E-state index < -0.39 is 4.92 Å². The van der Waals surface area contributed by atoms with Crippen LogP contribution >= 0.6 is 0 Å². The molecule has 0 aliphatic carbocycles. The van der Waals surface area contributed by atoms with Crippen LogP contribution in [0.25, 0.3) is 11.1 Å². The van der Waals surface area contributed by atoms with Crippen molar-refractivity contribution in [1.29, 1.82) is 0 Å². The van der Waals surface area contributed by atoms with Crippen LogP contribution in [0.5, 0.6) is 0 Å². The first kappa shape index (κ1) is 16.4. The highest BCUT2D eigenvalue weighted by Gasteiger charge is 2.13. The predicted molar refractivity (Wildman–Crippen MR) is 97.7 cm³/mol. The largest absolute Gasteiger partial charge is 0.322 e. The first-order chi connectivity index (χ1) is 12.0. The molecule has 0 atom stereocenters. The van der Waals surface area contributed by atoms with Crippen LogP contribution in [0.4, 0.5) is 11.4 Å². The van der Waals surface area contributed by atoms with Crippen LogP contribution in [0.15, 0.2) is 72.8 Å². The summed E-state index contributed by atoms with van der Waals surface area (Å²) in [5.41, 5.74) is 3.98. The number of carbonyl (C=O) groups is 1. The zero-order chi connectivity index (χ0) is 17.8. The number of non-ortho nitro benzene ring substituents is 1. The van der Waals surface area contributed by atoms with Gasteiger partial charge in [-0.15, -0.1) is 0 Å². The molecule has 0 aliphatic rings. The molecule has 25 heavy (non-hydrogen) atoms. The molecule has 1 amide bonds. The van der Waals surface area contributed by atoms with Crippen LogP contribution < -0.4 is 5.32 Å². The second-order valence-corrected chi connectivity index (χ2v) is 5.67. The number of aryl methyl sites for hydroxylation is 1. The van der Waals surface area contributed by atoms with Gasteiger partial charge in [0.25, 0.3) is 11.6 Å². The lowest BCUT2D eigenvalue weighted by molar-refractivity contribution is -0.384. The lowest BCUT2D eigenvalue weighted by atomic mass is 9.98. The molecular formula is C20H16N2O3. The first-order valence-corrected chi connectivity index (χ1v) is 7.76. The Morgan fingerprint density at radius 2 is 1.56 bits per heavy atom. The molecule has 3 rings (SSSR count). The van der Waals surface area contributed by atoms with Crippen LogP contribution in [0, 0.1) is 17.0 Å². The number of hydrogen-bond donors (Lipinski definition) is 1. The van der Waals surface area contributed by atoms with Crippen LogP contribution in [0.2, 0.25) is 0 Å². The van der Waals surface area contributed by atoms with Crippen molar-refractivity contribution < 1.29 is 9.72 Å². The number of benzene rings is 3. The SMILES string of the molecule is Cc1ccc(-c2ccccc2C(=O)Nc2ccc([N+](=O)[O-])cc2)cc1. The number of nitrogens with zero attached hydrogens (tertiary/aromatic N) is 1. The zero-order valence-electron chi connectivity index (χ0n) is 13.6. The number of carbonyl (C=O) groups excluding carboxylic acids is 1. The fraction of sp³-hybridized carbons (Fsp3) is 0.0500. The Hall–Kier alpha value is -3.47. The lowest BCUT2D eigenvalue weighted by Crippen LogP contribution is -2.13. The smallest absolute Gasteiger partial charge is 0.269 e. The summed E-state index contributed by atoms with van der Waals surface area (Å²) >= 11 is 0. The van der Waals surface area contributed by atoms with Crippen LogP contribution in [-0.4, -0.2) is 10.8 Å². The summed E-state index contributed by atoms with van der Waals surface area (Å²) in [5, 5.41) is 13.5. The minimum Gasteiger partial charge on any atom is -0.322 e. The number of amides is 1.